The molecule has 4 heteroatoms. The standard InChI is InChI=1S/C9H12INO2/c10-7-3-1-6(2-4-7)9(13)8(11)5-12/h1-4,8-9,12-13H,5,11H2/t8-,9-/m0/s1. The summed E-state index contributed by atoms with van der Waals surface area (Å²) < 4.78 is 1.10. The summed E-state index contributed by atoms with van der Waals surface area (Å²) in [6.07, 6.45) is -0.790. The lowest BCUT2D eigenvalue weighted by Crippen LogP contribution is -2.31. The van der Waals surface area contributed by atoms with Crippen LogP contribution in [-0.2, 0) is 0 Å². The van der Waals surface area contributed by atoms with E-state index in [0.717, 1.165) is 9.13 Å². The van der Waals surface area contributed by atoms with Crippen LogP contribution in [-0.4, -0.2) is 22.9 Å². The Morgan fingerprint density at radius 3 is 2.31 bits per heavy atom. The highest BCUT2D eigenvalue weighted by Gasteiger charge is 2.15. The topological polar surface area (TPSA) is 66.5 Å². The van der Waals surface area contributed by atoms with Gasteiger partial charge < -0.3 is 15.9 Å². The minimum atomic E-state index is -0.790. The van der Waals surface area contributed by atoms with E-state index in [2.05, 4.69) is 22.6 Å². The van der Waals surface area contributed by atoms with E-state index < -0.39 is 12.1 Å². The fraction of sp³-hybridized carbons (Fsp3) is 0.333. The van der Waals surface area contributed by atoms with Crippen molar-refractivity contribution in [1.82, 2.24) is 0 Å². The van der Waals surface area contributed by atoms with Crippen molar-refractivity contribution < 1.29 is 10.2 Å². The Morgan fingerprint density at radius 2 is 1.85 bits per heavy atom. The van der Waals surface area contributed by atoms with Gasteiger partial charge in [0.2, 0.25) is 0 Å². The minimum absolute atomic E-state index is 0.215. The van der Waals surface area contributed by atoms with Crippen LogP contribution in [0.15, 0.2) is 24.3 Å². The molecular weight excluding hydrogens is 281 g/mol. The Hall–Kier alpha value is -0.170. The van der Waals surface area contributed by atoms with Gasteiger partial charge in [-0.05, 0) is 40.3 Å². The van der Waals surface area contributed by atoms with Gasteiger partial charge in [-0.3, -0.25) is 0 Å². The maximum atomic E-state index is 9.59. The molecule has 1 aromatic rings. The van der Waals surface area contributed by atoms with Crippen molar-refractivity contribution in [2.24, 2.45) is 5.73 Å². The van der Waals surface area contributed by atoms with E-state index in [4.69, 9.17) is 10.8 Å². The number of halogens is 1. The molecule has 0 saturated heterocycles. The molecular formula is C9H12INO2. The fourth-order valence-corrected chi connectivity index (χ4v) is 1.37. The van der Waals surface area contributed by atoms with E-state index in [1.807, 2.05) is 24.3 Å². The van der Waals surface area contributed by atoms with Crippen LogP contribution in [0.3, 0.4) is 0 Å². The van der Waals surface area contributed by atoms with Gasteiger partial charge in [0.05, 0.1) is 18.8 Å². The van der Waals surface area contributed by atoms with Crippen LogP contribution in [0.25, 0.3) is 0 Å². The maximum Gasteiger partial charge on any atom is 0.0963 e. The second-order valence-electron chi connectivity index (χ2n) is 2.84. The van der Waals surface area contributed by atoms with Crippen molar-refractivity contribution in [3.8, 4) is 0 Å². The first kappa shape index (κ1) is 10.9. The zero-order valence-electron chi connectivity index (χ0n) is 7.02. The Morgan fingerprint density at radius 1 is 1.31 bits per heavy atom. The van der Waals surface area contributed by atoms with E-state index in [-0.39, 0.29) is 6.61 Å². The van der Waals surface area contributed by atoms with Crippen molar-refractivity contribution in [1.29, 1.82) is 0 Å². The zero-order valence-corrected chi connectivity index (χ0v) is 9.18. The second kappa shape index (κ2) is 4.90. The summed E-state index contributed by atoms with van der Waals surface area (Å²) >= 11 is 2.18. The van der Waals surface area contributed by atoms with Crippen LogP contribution < -0.4 is 5.73 Å². The summed E-state index contributed by atoms with van der Waals surface area (Å²) in [4.78, 5) is 0. The van der Waals surface area contributed by atoms with Gasteiger partial charge in [0.15, 0.2) is 0 Å². The van der Waals surface area contributed by atoms with Gasteiger partial charge in [0.25, 0.3) is 0 Å². The monoisotopic (exact) mass is 293 g/mol. The first-order valence-corrected chi connectivity index (χ1v) is 5.03. The van der Waals surface area contributed by atoms with Crippen molar-refractivity contribution in [3.63, 3.8) is 0 Å². The average molecular weight is 293 g/mol. The molecule has 1 aromatic carbocycles. The molecule has 0 aromatic heterocycles. The highest BCUT2D eigenvalue weighted by Crippen LogP contribution is 2.16. The molecule has 2 atom stereocenters. The third kappa shape index (κ3) is 2.91. The molecule has 0 amide bonds. The molecule has 0 radical (unpaired) electrons. The van der Waals surface area contributed by atoms with E-state index in [1.165, 1.54) is 0 Å². The fourth-order valence-electron chi connectivity index (χ4n) is 1.01. The summed E-state index contributed by atoms with van der Waals surface area (Å²) in [6.45, 7) is -0.215. The molecule has 0 aliphatic rings. The molecule has 0 aliphatic heterocycles. The summed E-state index contributed by atoms with van der Waals surface area (Å²) in [5, 5.41) is 18.3. The lowest BCUT2D eigenvalue weighted by atomic mass is 10.0. The molecule has 72 valence electrons. The van der Waals surface area contributed by atoms with Gasteiger partial charge in [-0.15, -0.1) is 0 Å². The van der Waals surface area contributed by atoms with Crippen LogP contribution in [0.2, 0.25) is 0 Å². The Balaban J connectivity index is 2.77. The molecule has 4 N–H and O–H groups in total. The highest BCUT2D eigenvalue weighted by molar-refractivity contribution is 14.1. The van der Waals surface area contributed by atoms with Gasteiger partial charge in [-0.25, -0.2) is 0 Å². The Labute approximate surface area is 90.7 Å². The van der Waals surface area contributed by atoms with Gasteiger partial charge in [0.1, 0.15) is 0 Å². The average Bonchev–Trinajstić information content (AvgIpc) is 2.17. The number of hydrogen-bond donors (Lipinski definition) is 3. The van der Waals surface area contributed by atoms with Gasteiger partial charge in [-0.2, -0.15) is 0 Å². The normalized spacial score (nSPS) is 15.4. The molecule has 0 aliphatic carbocycles. The molecule has 0 heterocycles. The molecule has 0 saturated carbocycles. The SMILES string of the molecule is N[C@@H](CO)[C@@H](O)c1ccc(I)cc1. The number of aliphatic hydroxyl groups excluding tert-OH is 2. The van der Waals surface area contributed by atoms with Crippen molar-refractivity contribution in [2.45, 2.75) is 12.1 Å². The van der Waals surface area contributed by atoms with E-state index >= 15 is 0 Å². The van der Waals surface area contributed by atoms with Crippen molar-refractivity contribution in [2.75, 3.05) is 6.61 Å². The molecule has 0 bridgehead atoms. The lowest BCUT2D eigenvalue weighted by Gasteiger charge is -2.16. The molecule has 0 unspecified atom stereocenters. The third-order valence-electron chi connectivity index (χ3n) is 1.83. The maximum absolute atomic E-state index is 9.59. The summed E-state index contributed by atoms with van der Waals surface area (Å²) in [5.41, 5.74) is 6.22. The lowest BCUT2D eigenvalue weighted by molar-refractivity contribution is 0.109. The summed E-state index contributed by atoms with van der Waals surface area (Å²) in [6, 6.07) is 6.79. The third-order valence-corrected chi connectivity index (χ3v) is 2.55. The number of nitrogens with two attached hydrogens (primary N) is 1. The van der Waals surface area contributed by atoms with Crippen LogP contribution in [0.4, 0.5) is 0 Å². The van der Waals surface area contributed by atoms with Gasteiger partial charge in [-0.1, -0.05) is 12.1 Å². The van der Waals surface area contributed by atoms with Gasteiger partial charge >= 0.3 is 0 Å². The van der Waals surface area contributed by atoms with E-state index in [9.17, 15) is 5.11 Å². The van der Waals surface area contributed by atoms with Crippen LogP contribution >= 0.6 is 22.6 Å². The van der Waals surface area contributed by atoms with E-state index in [1.54, 1.807) is 0 Å². The van der Waals surface area contributed by atoms with Crippen molar-refractivity contribution in [3.05, 3.63) is 33.4 Å². The molecule has 0 fully saturated rings. The van der Waals surface area contributed by atoms with Crippen LogP contribution in [0, 0.1) is 3.57 Å². The number of rotatable bonds is 3. The first-order chi connectivity index (χ1) is 6.15. The van der Waals surface area contributed by atoms with Crippen molar-refractivity contribution >= 4 is 22.6 Å². The number of aliphatic hydroxyl groups is 2. The Bertz CT molecular complexity index is 263. The highest BCUT2D eigenvalue weighted by atomic mass is 127. The van der Waals surface area contributed by atoms with E-state index in [0.29, 0.717) is 0 Å². The molecule has 13 heavy (non-hydrogen) atoms. The smallest absolute Gasteiger partial charge is 0.0963 e. The molecule has 1 rings (SSSR count). The predicted molar refractivity (Wildman–Crippen MR) is 59.2 cm³/mol. The number of hydrogen-bond acceptors (Lipinski definition) is 3. The quantitative estimate of drug-likeness (QED) is 0.717. The molecule has 0 spiro atoms. The van der Waals surface area contributed by atoms with Gasteiger partial charge in [0, 0.05) is 3.57 Å². The summed E-state index contributed by atoms with van der Waals surface area (Å²) in [5.74, 6) is 0. The summed E-state index contributed by atoms with van der Waals surface area (Å²) in [7, 11) is 0. The van der Waals surface area contributed by atoms with Crippen LogP contribution in [0.1, 0.15) is 11.7 Å². The first-order valence-electron chi connectivity index (χ1n) is 3.95. The zero-order chi connectivity index (χ0) is 9.84. The Kier molecular flexibility index (Phi) is 4.11. The van der Waals surface area contributed by atoms with Crippen LogP contribution in [0.5, 0.6) is 0 Å². The molecule has 3 nitrogen and oxygen atoms in total. The number of benzene rings is 1. The predicted octanol–water partition coefficient (Wildman–Crippen LogP) is 0.644. The largest absolute Gasteiger partial charge is 0.395 e. The second-order valence-corrected chi connectivity index (χ2v) is 4.09. The minimum Gasteiger partial charge on any atom is -0.395 e.